The summed E-state index contributed by atoms with van der Waals surface area (Å²) in [6.45, 7) is 5.93. The van der Waals surface area contributed by atoms with Crippen LogP contribution in [0, 0.1) is 0 Å². The number of halogens is 3. The monoisotopic (exact) mass is 289 g/mol. The molecule has 19 heavy (non-hydrogen) atoms. The van der Waals surface area contributed by atoms with Crippen LogP contribution in [0.3, 0.4) is 0 Å². The number of alkyl halides is 3. The van der Waals surface area contributed by atoms with E-state index in [0.29, 0.717) is 5.65 Å². The maximum atomic E-state index is 13.1. The fourth-order valence-corrected chi connectivity index (χ4v) is 1.71. The third kappa shape index (κ3) is 2.63. The molecule has 0 saturated heterocycles. The van der Waals surface area contributed by atoms with Crippen LogP contribution >= 0.6 is 11.6 Å². The van der Waals surface area contributed by atoms with E-state index in [4.69, 9.17) is 16.3 Å². The summed E-state index contributed by atoms with van der Waals surface area (Å²) in [6.07, 6.45) is 1.72. The van der Waals surface area contributed by atoms with Crippen LogP contribution in [-0.4, -0.2) is 21.5 Å². The van der Waals surface area contributed by atoms with Gasteiger partial charge in [0.05, 0.1) is 12.8 Å². The molecule has 0 bridgehead atoms. The Labute approximate surface area is 114 Å². The van der Waals surface area contributed by atoms with Gasteiger partial charge >= 0.3 is 11.4 Å². The van der Waals surface area contributed by atoms with E-state index in [1.807, 2.05) is 20.8 Å². The third-order valence-electron chi connectivity index (χ3n) is 2.66. The lowest BCUT2D eigenvalue weighted by Gasteiger charge is -2.13. The van der Waals surface area contributed by atoms with Gasteiger partial charge in [0, 0.05) is 17.7 Å². The molecule has 0 saturated carbocycles. The SMILES string of the molecule is COc1nc(C(F)(F)Cl)cc2nc(C(C)(C)C)cn12. The average Bonchev–Trinajstić information content (AvgIpc) is 2.69. The van der Waals surface area contributed by atoms with Crippen molar-refractivity contribution in [1.29, 1.82) is 0 Å². The van der Waals surface area contributed by atoms with Gasteiger partial charge in [-0.05, 0) is 11.6 Å². The highest BCUT2D eigenvalue weighted by atomic mass is 35.5. The van der Waals surface area contributed by atoms with Gasteiger partial charge in [-0.1, -0.05) is 20.8 Å². The van der Waals surface area contributed by atoms with Crippen LogP contribution in [0.1, 0.15) is 32.2 Å². The number of aromatic nitrogens is 3. The highest BCUT2D eigenvalue weighted by molar-refractivity contribution is 6.21. The minimum absolute atomic E-state index is 0.0239. The first-order valence-corrected chi connectivity index (χ1v) is 6.02. The topological polar surface area (TPSA) is 39.4 Å². The number of ether oxygens (including phenoxy) is 1. The lowest BCUT2D eigenvalue weighted by atomic mass is 9.93. The van der Waals surface area contributed by atoms with Crippen molar-refractivity contribution < 1.29 is 13.5 Å². The first kappa shape index (κ1) is 14.0. The summed E-state index contributed by atoms with van der Waals surface area (Å²) < 4.78 is 32.8. The number of fused-ring (bicyclic) bond motifs is 1. The smallest absolute Gasteiger partial charge is 0.365 e. The maximum Gasteiger partial charge on any atom is 0.365 e. The molecule has 0 aliphatic rings. The lowest BCUT2D eigenvalue weighted by Crippen LogP contribution is -2.11. The molecule has 0 atom stereocenters. The molecule has 104 valence electrons. The molecule has 2 rings (SSSR count). The quantitative estimate of drug-likeness (QED) is 0.796. The molecular weight excluding hydrogens is 276 g/mol. The summed E-state index contributed by atoms with van der Waals surface area (Å²) in [5.41, 5.74) is 0.292. The average molecular weight is 290 g/mol. The standard InChI is InChI=1S/C12H14ClF2N3O/c1-11(2,3)8-6-18-9(16-8)5-7(12(13,14)15)17-10(18)19-4/h5-6H,1-4H3. The minimum atomic E-state index is -3.55. The van der Waals surface area contributed by atoms with Crippen molar-refractivity contribution in [2.24, 2.45) is 0 Å². The van der Waals surface area contributed by atoms with Gasteiger partial charge < -0.3 is 4.74 Å². The van der Waals surface area contributed by atoms with Gasteiger partial charge in [0.2, 0.25) is 0 Å². The molecule has 0 spiro atoms. The number of hydrogen-bond acceptors (Lipinski definition) is 3. The van der Waals surface area contributed by atoms with Crippen molar-refractivity contribution in [2.75, 3.05) is 7.11 Å². The van der Waals surface area contributed by atoms with Crippen LogP contribution in [0.4, 0.5) is 8.78 Å². The Morgan fingerprint density at radius 3 is 2.32 bits per heavy atom. The predicted octanol–water partition coefficient (Wildman–Crippen LogP) is 3.32. The molecule has 0 aliphatic heterocycles. The van der Waals surface area contributed by atoms with Crippen molar-refractivity contribution in [2.45, 2.75) is 31.6 Å². The number of imidazole rings is 1. The van der Waals surface area contributed by atoms with Gasteiger partial charge in [-0.3, -0.25) is 4.40 Å². The number of rotatable bonds is 2. The molecule has 4 nitrogen and oxygen atoms in total. The summed E-state index contributed by atoms with van der Waals surface area (Å²) in [7, 11) is 1.36. The van der Waals surface area contributed by atoms with E-state index in [0.717, 1.165) is 11.8 Å². The van der Waals surface area contributed by atoms with Gasteiger partial charge in [0.25, 0.3) is 0 Å². The van der Waals surface area contributed by atoms with E-state index in [9.17, 15) is 8.78 Å². The molecule has 7 heteroatoms. The lowest BCUT2D eigenvalue weighted by molar-refractivity contribution is 0.0889. The molecule has 0 fully saturated rings. The third-order valence-corrected chi connectivity index (χ3v) is 2.86. The highest BCUT2D eigenvalue weighted by Crippen LogP contribution is 2.33. The Hall–Kier alpha value is -1.43. The largest absolute Gasteiger partial charge is 0.468 e. The summed E-state index contributed by atoms with van der Waals surface area (Å²) in [6, 6.07) is 1.18. The molecule has 0 N–H and O–H groups in total. The molecule has 0 unspecified atom stereocenters. The summed E-state index contributed by atoms with van der Waals surface area (Å²) >= 11 is 5.00. The van der Waals surface area contributed by atoms with Crippen molar-refractivity contribution in [3.63, 3.8) is 0 Å². The van der Waals surface area contributed by atoms with E-state index in [1.54, 1.807) is 6.20 Å². The van der Waals surface area contributed by atoms with Gasteiger partial charge in [-0.25, -0.2) is 4.98 Å². The van der Waals surface area contributed by atoms with E-state index >= 15 is 0 Å². The second kappa shape index (κ2) is 4.30. The summed E-state index contributed by atoms with van der Waals surface area (Å²) in [4.78, 5) is 8.02. The Balaban J connectivity index is 2.70. The Morgan fingerprint density at radius 2 is 1.84 bits per heavy atom. The molecule has 0 amide bonds. The van der Waals surface area contributed by atoms with E-state index in [-0.39, 0.29) is 11.4 Å². The zero-order valence-electron chi connectivity index (χ0n) is 11.0. The van der Waals surface area contributed by atoms with Gasteiger partial charge in [0.15, 0.2) is 0 Å². The Kier molecular flexibility index (Phi) is 3.16. The Morgan fingerprint density at radius 1 is 1.21 bits per heavy atom. The van der Waals surface area contributed by atoms with Crippen LogP contribution in [0.25, 0.3) is 5.65 Å². The van der Waals surface area contributed by atoms with Crippen LogP contribution < -0.4 is 4.74 Å². The van der Waals surface area contributed by atoms with E-state index in [2.05, 4.69) is 9.97 Å². The van der Waals surface area contributed by atoms with Crippen molar-refractivity contribution >= 4 is 17.2 Å². The Bertz CT molecular complexity index is 614. The minimum Gasteiger partial charge on any atom is -0.468 e. The van der Waals surface area contributed by atoms with Crippen molar-refractivity contribution in [1.82, 2.24) is 14.4 Å². The number of methoxy groups -OCH3 is 1. The highest BCUT2D eigenvalue weighted by Gasteiger charge is 2.32. The maximum absolute atomic E-state index is 13.1. The van der Waals surface area contributed by atoms with Crippen LogP contribution in [0.15, 0.2) is 12.3 Å². The normalized spacial score (nSPS) is 13.0. The van der Waals surface area contributed by atoms with Crippen LogP contribution in [0.5, 0.6) is 6.01 Å². The van der Waals surface area contributed by atoms with Gasteiger partial charge in [-0.15, -0.1) is 0 Å². The summed E-state index contributed by atoms with van der Waals surface area (Å²) in [5.74, 6) is 0. The molecule has 0 aromatic carbocycles. The van der Waals surface area contributed by atoms with Gasteiger partial charge in [0.1, 0.15) is 11.3 Å². The zero-order chi connectivity index (χ0) is 14.4. The molecule has 0 radical (unpaired) electrons. The molecule has 2 aromatic heterocycles. The first-order valence-electron chi connectivity index (χ1n) is 5.65. The van der Waals surface area contributed by atoms with E-state index < -0.39 is 11.1 Å². The van der Waals surface area contributed by atoms with Gasteiger partial charge in [-0.2, -0.15) is 13.8 Å². The number of nitrogens with zero attached hydrogens (tertiary/aromatic N) is 3. The number of hydrogen-bond donors (Lipinski definition) is 0. The van der Waals surface area contributed by atoms with E-state index in [1.165, 1.54) is 11.5 Å². The second-order valence-electron chi connectivity index (χ2n) is 5.23. The predicted molar refractivity (Wildman–Crippen MR) is 68.0 cm³/mol. The zero-order valence-corrected chi connectivity index (χ0v) is 11.8. The molecule has 0 aliphatic carbocycles. The second-order valence-corrected chi connectivity index (χ2v) is 5.70. The molecular formula is C12H14ClF2N3O. The fourth-order valence-electron chi connectivity index (χ4n) is 1.61. The first-order chi connectivity index (χ1) is 8.63. The van der Waals surface area contributed by atoms with Crippen molar-refractivity contribution in [3.05, 3.63) is 23.7 Å². The fraction of sp³-hybridized carbons (Fsp3) is 0.500. The van der Waals surface area contributed by atoms with Crippen LogP contribution in [-0.2, 0) is 10.8 Å². The summed E-state index contributed by atoms with van der Waals surface area (Å²) in [5, 5.41) is -3.55. The molecule has 2 aromatic rings. The van der Waals surface area contributed by atoms with Crippen LogP contribution in [0.2, 0.25) is 0 Å². The van der Waals surface area contributed by atoms with Crippen molar-refractivity contribution in [3.8, 4) is 6.01 Å². The molecule has 2 heterocycles.